The fraction of sp³-hybridized carbons (Fsp3) is 0. The number of benzene rings is 5. The highest BCUT2D eigenvalue weighted by Crippen LogP contribution is 2.41. The first-order valence-electron chi connectivity index (χ1n) is 10.1. The van der Waals surface area contributed by atoms with Crippen molar-refractivity contribution in [3.05, 3.63) is 127 Å². The Kier molecular flexibility index (Phi) is 4.89. The van der Waals surface area contributed by atoms with Crippen molar-refractivity contribution in [3.8, 4) is 0 Å². The average molecular weight is 386 g/mol. The van der Waals surface area contributed by atoms with Crippen LogP contribution in [0.3, 0.4) is 0 Å². The highest BCUT2D eigenvalue weighted by molar-refractivity contribution is 6.05. The number of rotatable bonds is 5. The largest absolute Gasteiger partial charge is 0.355 e. The Bertz CT molecular complexity index is 1210. The molecule has 0 aromatic heterocycles. The minimum absolute atomic E-state index is 1.08. The second-order valence-corrected chi connectivity index (χ2v) is 7.18. The summed E-state index contributed by atoms with van der Waals surface area (Å²) in [7, 11) is 0. The van der Waals surface area contributed by atoms with Crippen LogP contribution in [0.2, 0.25) is 0 Å². The van der Waals surface area contributed by atoms with E-state index in [9.17, 15) is 0 Å². The molecule has 0 aliphatic heterocycles. The van der Waals surface area contributed by atoms with E-state index in [1.54, 1.807) is 0 Å². The molecule has 2 nitrogen and oxygen atoms in total. The van der Waals surface area contributed by atoms with Crippen molar-refractivity contribution in [2.75, 3.05) is 10.2 Å². The van der Waals surface area contributed by atoms with Crippen LogP contribution >= 0.6 is 0 Å². The van der Waals surface area contributed by atoms with Gasteiger partial charge < -0.3 is 10.2 Å². The minimum atomic E-state index is 1.08. The van der Waals surface area contributed by atoms with Gasteiger partial charge in [-0.05, 0) is 48.5 Å². The third-order valence-electron chi connectivity index (χ3n) is 5.22. The maximum Gasteiger partial charge on any atom is 0.0541 e. The van der Waals surface area contributed by atoms with Crippen LogP contribution in [0.1, 0.15) is 0 Å². The summed E-state index contributed by atoms with van der Waals surface area (Å²) in [5, 5.41) is 5.96. The van der Waals surface area contributed by atoms with E-state index in [2.05, 4.69) is 119 Å². The monoisotopic (exact) mass is 386 g/mol. The molecule has 5 aromatic carbocycles. The Labute approximate surface area is 177 Å². The number of hydrogen-bond donors (Lipinski definition) is 1. The molecule has 0 amide bonds. The van der Waals surface area contributed by atoms with Crippen molar-refractivity contribution >= 4 is 39.2 Å². The van der Waals surface area contributed by atoms with Gasteiger partial charge in [-0.15, -0.1) is 0 Å². The Balaban J connectivity index is 1.68. The van der Waals surface area contributed by atoms with E-state index in [0.717, 1.165) is 28.4 Å². The summed E-state index contributed by atoms with van der Waals surface area (Å²) in [6, 6.07) is 44.3. The molecule has 5 rings (SSSR count). The average Bonchev–Trinajstić information content (AvgIpc) is 2.83. The van der Waals surface area contributed by atoms with Gasteiger partial charge in [-0.25, -0.2) is 0 Å². The molecule has 0 radical (unpaired) electrons. The predicted molar refractivity (Wildman–Crippen MR) is 128 cm³/mol. The van der Waals surface area contributed by atoms with Crippen molar-refractivity contribution < 1.29 is 0 Å². The second kappa shape index (κ2) is 8.14. The van der Waals surface area contributed by atoms with Crippen molar-refractivity contribution in [2.24, 2.45) is 0 Å². The van der Waals surface area contributed by atoms with Crippen LogP contribution in [0.4, 0.5) is 28.4 Å². The fourth-order valence-electron chi connectivity index (χ4n) is 3.85. The van der Waals surface area contributed by atoms with Gasteiger partial charge in [-0.2, -0.15) is 0 Å². The molecule has 5 aromatic rings. The number of nitrogens with zero attached hydrogens (tertiary/aromatic N) is 1. The van der Waals surface area contributed by atoms with E-state index in [4.69, 9.17) is 0 Å². The third-order valence-corrected chi connectivity index (χ3v) is 5.22. The van der Waals surface area contributed by atoms with Crippen LogP contribution < -0.4 is 10.2 Å². The molecular weight excluding hydrogens is 364 g/mol. The second-order valence-electron chi connectivity index (χ2n) is 7.18. The van der Waals surface area contributed by atoms with Crippen LogP contribution in [0.5, 0.6) is 0 Å². The molecule has 0 bridgehead atoms. The standard InChI is InChI=1S/C28H22N2/c1-4-12-22(13-5-1)29-27-20-21-28(26-19-11-10-18-25(26)27)30(23-14-6-2-7-15-23)24-16-8-3-9-17-24/h1-21,29H. The molecule has 0 aliphatic carbocycles. The van der Waals surface area contributed by atoms with Crippen molar-refractivity contribution in [3.63, 3.8) is 0 Å². The molecular formula is C28H22N2. The number of nitrogens with one attached hydrogen (secondary N) is 1. The van der Waals surface area contributed by atoms with Gasteiger partial charge in [-0.1, -0.05) is 78.9 Å². The molecule has 30 heavy (non-hydrogen) atoms. The zero-order chi connectivity index (χ0) is 20.2. The van der Waals surface area contributed by atoms with Crippen LogP contribution in [0.15, 0.2) is 127 Å². The summed E-state index contributed by atoms with van der Waals surface area (Å²) < 4.78 is 0. The Morgan fingerprint density at radius 2 is 0.933 bits per heavy atom. The Morgan fingerprint density at radius 3 is 1.53 bits per heavy atom. The van der Waals surface area contributed by atoms with Gasteiger partial charge in [-0.3, -0.25) is 0 Å². The SMILES string of the molecule is c1ccc(Nc2ccc(N(c3ccccc3)c3ccccc3)c3ccccc23)cc1. The third kappa shape index (κ3) is 3.51. The molecule has 2 heteroatoms. The predicted octanol–water partition coefficient (Wildman–Crippen LogP) is 8.05. The van der Waals surface area contributed by atoms with Crippen LogP contribution in [-0.4, -0.2) is 0 Å². The first-order valence-corrected chi connectivity index (χ1v) is 10.1. The summed E-state index contributed by atoms with van der Waals surface area (Å²) in [5.74, 6) is 0. The molecule has 0 atom stereocenters. The number of anilines is 5. The van der Waals surface area contributed by atoms with Crippen LogP contribution in [0, 0.1) is 0 Å². The summed E-state index contributed by atoms with van der Waals surface area (Å²) in [4.78, 5) is 2.31. The van der Waals surface area contributed by atoms with E-state index in [1.165, 1.54) is 10.8 Å². The summed E-state index contributed by atoms with van der Waals surface area (Å²) in [6.45, 7) is 0. The minimum Gasteiger partial charge on any atom is -0.355 e. The summed E-state index contributed by atoms with van der Waals surface area (Å²) >= 11 is 0. The van der Waals surface area contributed by atoms with Crippen molar-refractivity contribution in [1.82, 2.24) is 0 Å². The summed E-state index contributed by atoms with van der Waals surface area (Å²) in [6.07, 6.45) is 0. The molecule has 0 heterocycles. The van der Waals surface area contributed by atoms with Gasteiger partial charge in [0, 0.05) is 33.5 Å². The lowest BCUT2D eigenvalue weighted by atomic mass is 10.0. The number of fused-ring (bicyclic) bond motifs is 1. The molecule has 0 aliphatic rings. The molecule has 144 valence electrons. The lowest BCUT2D eigenvalue weighted by Gasteiger charge is -2.27. The Hall–Kier alpha value is -4.04. The maximum atomic E-state index is 3.57. The van der Waals surface area contributed by atoms with Gasteiger partial charge in [0.15, 0.2) is 0 Å². The molecule has 0 saturated carbocycles. The van der Waals surface area contributed by atoms with Gasteiger partial charge in [0.05, 0.1) is 5.69 Å². The zero-order valence-electron chi connectivity index (χ0n) is 16.6. The van der Waals surface area contributed by atoms with Gasteiger partial charge in [0.2, 0.25) is 0 Å². The number of hydrogen-bond acceptors (Lipinski definition) is 2. The highest BCUT2D eigenvalue weighted by atomic mass is 15.1. The van der Waals surface area contributed by atoms with E-state index in [1.807, 2.05) is 18.2 Å². The van der Waals surface area contributed by atoms with Crippen molar-refractivity contribution in [1.29, 1.82) is 0 Å². The molecule has 0 saturated heterocycles. The Morgan fingerprint density at radius 1 is 0.433 bits per heavy atom. The normalized spacial score (nSPS) is 10.7. The number of para-hydroxylation sites is 3. The van der Waals surface area contributed by atoms with E-state index < -0.39 is 0 Å². The zero-order valence-corrected chi connectivity index (χ0v) is 16.6. The molecule has 0 fully saturated rings. The lowest BCUT2D eigenvalue weighted by Crippen LogP contribution is -2.10. The quantitative estimate of drug-likeness (QED) is 0.329. The molecule has 0 unspecified atom stereocenters. The van der Waals surface area contributed by atoms with E-state index in [0.29, 0.717) is 0 Å². The van der Waals surface area contributed by atoms with Crippen molar-refractivity contribution in [2.45, 2.75) is 0 Å². The molecule has 1 N–H and O–H groups in total. The maximum absolute atomic E-state index is 3.57. The van der Waals surface area contributed by atoms with Gasteiger partial charge in [0.1, 0.15) is 0 Å². The summed E-state index contributed by atoms with van der Waals surface area (Å²) in [5.41, 5.74) is 5.61. The first-order chi connectivity index (χ1) is 14.9. The van der Waals surface area contributed by atoms with Crippen LogP contribution in [0.25, 0.3) is 10.8 Å². The van der Waals surface area contributed by atoms with Gasteiger partial charge >= 0.3 is 0 Å². The topological polar surface area (TPSA) is 15.3 Å². The van der Waals surface area contributed by atoms with Crippen LogP contribution in [-0.2, 0) is 0 Å². The van der Waals surface area contributed by atoms with E-state index in [-0.39, 0.29) is 0 Å². The smallest absolute Gasteiger partial charge is 0.0541 e. The fourth-order valence-corrected chi connectivity index (χ4v) is 3.85. The lowest BCUT2D eigenvalue weighted by molar-refractivity contribution is 1.30. The molecule has 0 spiro atoms. The first kappa shape index (κ1) is 18.0. The highest BCUT2D eigenvalue weighted by Gasteiger charge is 2.16. The van der Waals surface area contributed by atoms with Gasteiger partial charge in [0.25, 0.3) is 0 Å². The van der Waals surface area contributed by atoms with E-state index >= 15 is 0 Å².